The summed E-state index contributed by atoms with van der Waals surface area (Å²) in [5, 5.41) is 6.26. The molecule has 0 fully saturated rings. The van der Waals surface area contributed by atoms with E-state index in [1.54, 1.807) is 49.4 Å². The summed E-state index contributed by atoms with van der Waals surface area (Å²) < 4.78 is 16.2. The lowest BCUT2D eigenvalue weighted by molar-refractivity contribution is -0.136. The van der Waals surface area contributed by atoms with Crippen molar-refractivity contribution in [3.63, 3.8) is 0 Å². The molecule has 0 bridgehead atoms. The summed E-state index contributed by atoms with van der Waals surface area (Å²) >= 11 is 0. The average Bonchev–Trinajstić information content (AvgIpc) is 2.74. The van der Waals surface area contributed by atoms with Crippen molar-refractivity contribution in [3.05, 3.63) is 48.0 Å². The van der Waals surface area contributed by atoms with Crippen LogP contribution in [0, 0.1) is 0 Å². The lowest BCUT2D eigenvalue weighted by Gasteiger charge is -2.11. The van der Waals surface area contributed by atoms with Crippen LogP contribution < -0.4 is 30.7 Å². The Kier molecular flexibility index (Phi) is 8.84. The van der Waals surface area contributed by atoms with Crippen LogP contribution in [0.3, 0.4) is 0 Å². The van der Waals surface area contributed by atoms with E-state index in [1.165, 1.54) is 6.21 Å². The Hall–Kier alpha value is -4.08. The minimum atomic E-state index is -0.950. The summed E-state index contributed by atoms with van der Waals surface area (Å²) in [7, 11) is 0. The molecule has 3 amide bonds. The van der Waals surface area contributed by atoms with Gasteiger partial charge in [-0.15, -0.1) is 0 Å². The maximum atomic E-state index is 12.1. The molecule has 0 saturated carbocycles. The fourth-order valence-electron chi connectivity index (χ4n) is 2.39. The van der Waals surface area contributed by atoms with Crippen LogP contribution in [-0.4, -0.2) is 43.8 Å². The molecule has 0 aliphatic heterocycles. The minimum Gasteiger partial charge on any atom is -0.492 e. The summed E-state index contributed by atoms with van der Waals surface area (Å²) in [6, 6.07) is 11.6. The van der Waals surface area contributed by atoms with Crippen molar-refractivity contribution in [2.45, 2.75) is 13.8 Å². The van der Waals surface area contributed by atoms with E-state index in [-0.39, 0.29) is 6.61 Å². The van der Waals surface area contributed by atoms with Crippen LogP contribution in [0.25, 0.3) is 0 Å². The second kappa shape index (κ2) is 11.8. The van der Waals surface area contributed by atoms with E-state index in [9.17, 15) is 14.4 Å². The Bertz CT molecular complexity index is 961. The molecule has 31 heavy (non-hydrogen) atoms. The number of anilines is 1. The molecule has 10 nitrogen and oxygen atoms in total. The van der Waals surface area contributed by atoms with Gasteiger partial charge in [-0.25, -0.2) is 5.43 Å². The van der Waals surface area contributed by atoms with E-state index < -0.39 is 17.7 Å². The Morgan fingerprint density at radius 3 is 2.35 bits per heavy atom. The highest BCUT2D eigenvalue weighted by Crippen LogP contribution is 2.28. The fraction of sp³-hybridized carbons (Fsp3) is 0.238. The number of ether oxygens (including phenoxy) is 3. The monoisotopic (exact) mass is 428 g/mol. The molecule has 0 heterocycles. The third-order valence-electron chi connectivity index (χ3n) is 3.66. The maximum Gasteiger partial charge on any atom is 0.329 e. The number of para-hydroxylation sites is 2. The van der Waals surface area contributed by atoms with E-state index in [4.69, 9.17) is 19.9 Å². The molecule has 0 spiro atoms. The van der Waals surface area contributed by atoms with E-state index in [2.05, 4.69) is 15.8 Å². The van der Waals surface area contributed by atoms with Crippen LogP contribution in [0.5, 0.6) is 17.2 Å². The molecule has 0 saturated heterocycles. The zero-order chi connectivity index (χ0) is 22.6. The second-order valence-corrected chi connectivity index (χ2v) is 5.98. The Balaban J connectivity index is 1.99. The van der Waals surface area contributed by atoms with Crippen molar-refractivity contribution in [1.29, 1.82) is 0 Å². The van der Waals surface area contributed by atoms with Gasteiger partial charge in [-0.05, 0) is 49.7 Å². The molecule has 10 heteroatoms. The summed E-state index contributed by atoms with van der Waals surface area (Å²) in [6.07, 6.45) is 1.33. The number of hydrazone groups is 1. The quantitative estimate of drug-likeness (QED) is 0.297. The molecule has 164 valence electrons. The summed E-state index contributed by atoms with van der Waals surface area (Å²) in [5.41, 5.74) is 8.18. The van der Waals surface area contributed by atoms with Crippen molar-refractivity contribution >= 4 is 29.6 Å². The van der Waals surface area contributed by atoms with Gasteiger partial charge in [-0.2, -0.15) is 5.10 Å². The summed E-state index contributed by atoms with van der Waals surface area (Å²) in [5.74, 6) is -1.28. The first kappa shape index (κ1) is 23.2. The van der Waals surface area contributed by atoms with Crippen molar-refractivity contribution in [1.82, 2.24) is 5.43 Å². The second-order valence-electron chi connectivity index (χ2n) is 5.98. The standard InChI is InChI=1S/C21H24N4O6/c1-3-29-16-8-6-5-7-15(16)24-20(27)21(28)25-23-12-14-9-10-17(31-13-19(22)26)18(11-14)30-4-2/h5-12H,3-4,13H2,1-2H3,(H2,22,26)(H,24,27)(H,25,28). The SMILES string of the molecule is CCOc1ccccc1NC(=O)C(=O)NN=Cc1ccc(OCC(N)=O)c(OCC)c1. The Morgan fingerprint density at radius 2 is 1.65 bits per heavy atom. The van der Waals surface area contributed by atoms with Gasteiger partial charge >= 0.3 is 11.8 Å². The number of hydrogen-bond acceptors (Lipinski definition) is 7. The predicted molar refractivity (Wildman–Crippen MR) is 114 cm³/mol. The van der Waals surface area contributed by atoms with Crippen LogP contribution in [0.15, 0.2) is 47.6 Å². The molecule has 2 rings (SSSR count). The first-order valence-electron chi connectivity index (χ1n) is 9.48. The third-order valence-corrected chi connectivity index (χ3v) is 3.66. The van der Waals surface area contributed by atoms with E-state index >= 15 is 0 Å². The van der Waals surface area contributed by atoms with Gasteiger partial charge in [-0.1, -0.05) is 12.1 Å². The fourth-order valence-corrected chi connectivity index (χ4v) is 2.39. The molecule has 2 aromatic rings. The smallest absolute Gasteiger partial charge is 0.329 e. The van der Waals surface area contributed by atoms with Crippen LogP contribution in [0.1, 0.15) is 19.4 Å². The maximum absolute atomic E-state index is 12.1. The number of primary amides is 1. The number of nitrogens with one attached hydrogen (secondary N) is 2. The van der Waals surface area contributed by atoms with Crippen molar-refractivity contribution in [2.24, 2.45) is 10.8 Å². The van der Waals surface area contributed by atoms with Crippen LogP contribution in [0.2, 0.25) is 0 Å². The first-order valence-corrected chi connectivity index (χ1v) is 9.48. The van der Waals surface area contributed by atoms with Crippen LogP contribution in [-0.2, 0) is 14.4 Å². The van der Waals surface area contributed by atoms with Gasteiger partial charge in [-0.3, -0.25) is 14.4 Å². The van der Waals surface area contributed by atoms with E-state index in [0.29, 0.717) is 41.7 Å². The lowest BCUT2D eigenvalue weighted by Crippen LogP contribution is -2.32. The summed E-state index contributed by atoms with van der Waals surface area (Å²) in [6.45, 7) is 4.10. The van der Waals surface area contributed by atoms with Gasteiger partial charge in [0, 0.05) is 0 Å². The molecule has 0 aromatic heterocycles. The van der Waals surface area contributed by atoms with Gasteiger partial charge < -0.3 is 25.3 Å². The number of amides is 3. The van der Waals surface area contributed by atoms with Crippen LogP contribution in [0.4, 0.5) is 5.69 Å². The predicted octanol–water partition coefficient (Wildman–Crippen LogP) is 1.44. The lowest BCUT2D eigenvalue weighted by atomic mass is 10.2. The highest BCUT2D eigenvalue weighted by molar-refractivity contribution is 6.39. The number of nitrogens with two attached hydrogens (primary N) is 1. The topological polar surface area (TPSA) is 141 Å². The largest absolute Gasteiger partial charge is 0.492 e. The molecule has 0 unspecified atom stereocenters. The number of hydrogen-bond donors (Lipinski definition) is 3. The zero-order valence-electron chi connectivity index (χ0n) is 17.2. The normalized spacial score (nSPS) is 10.4. The molecule has 4 N–H and O–H groups in total. The third kappa shape index (κ3) is 7.35. The molecule has 0 atom stereocenters. The van der Waals surface area contributed by atoms with Gasteiger partial charge in [0.05, 0.1) is 25.1 Å². The van der Waals surface area contributed by atoms with Gasteiger partial charge in [0.1, 0.15) is 5.75 Å². The van der Waals surface area contributed by atoms with Crippen LogP contribution >= 0.6 is 0 Å². The number of rotatable bonds is 10. The number of nitrogens with zero attached hydrogens (tertiary/aromatic N) is 1. The number of carbonyl (C=O) groups excluding carboxylic acids is 3. The Labute approximate surface area is 179 Å². The van der Waals surface area contributed by atoms with Gasteiger partial charge in [0.2, 0.25) is 0 Å². The molecular weight excluding hydrogens is 404 g/mol. The zero-order valence-corrected chi connectivity index (χ0v) is 17.2. The molecule has 0 aliphatic carbocycles. The van der Waals surface area contributed by atoms with Crippen molar-refractivity contribution in [3.8, 4) is 17.2 Å². The van der Waals surface area contributed by atoms with E-state index in [1.807, 2.05) is 6.92 Å². The van der Waals surface area contributed by atoms with Crippen molar-refractivity contribution < 1.29 is 28.6 Å². The first-order chi connectivity index (χ1) is 14.9. The minimum absolute atomic E-state index is 0.287. The van der Waals surface area contributed by atoms with E-state index in [0.717, 1.165) is 0 Å². The summed E-state index contributed by atoms with van der Waals surface area (Å²) in [4.78, 5) is 35.0. The molecular formula is C21H24N4O6. The molecule has 0 radical (unpaired) electrons. The molecule has 2 aromatic carbocycles. The Morgan fingerprint density at radius 1 is 0.935 bits per heavy atom. The highest BCUT2D eigenvalue weighted by atomic mass is 16.5. The van der Waals surface area contributed by atoms with Gasteiger partial charge in [0.25, 0.3) is 5.91 Å². The van der Waals surface area contributed by atoms with Gasteiger partial charge in [0.15, 0.2) is 18.1 Å². The number of carbonyl (C=O) groups is 3. The average molecular weight is 428 g/mol. The highest BCUT2D eigenvalue weighted by Gasteiger charge is 2.15. The number of benzene rings is 2. The molecule has 0 aliphatic rings. The van der Waals surface area contributed by atoms with Crippen molar-refractivity contribution in [2.75, 3.05) is 25.1 Å².